The molecule has 0 unspecified atom stereocenters. The van der Waals surface area contributed by atoms with Crippen LogP contribution in [0, 0.1) is 5.92 Å². The van der Waals surface area contributed by atoms with Gasteiger partial charge in [-0.15, -0.1) is 0 Å². The van der Waals surface area contributed by atoms with Gasteiger partial charge in [0.25, 0.3) is 5.19 Å². The predicted octanol–water partition coefficient (Wildman–Crippen LogP) is 5.55. The highest BCUT2D eigenvalue weighted by atomic mass is 32.2. The Morgan fingerprint density at radius 1 is 1.13 bits per heavy atom. The summed E-state index contributed by atoms with van der Waals surface area (Å²) < 4.78 is 34.3. The van der Waals surface area contributed by atoms with Crippen molar-refractivity contribution in [1.82, 2.24) is 19.3 Å². The van der Waals surface area contributed by atoms with Gasteiger partial charge in [0.05, 0.1) is 16.0 Å². The fraction of sp³-hybridized carbons (Fsp3) is 0.552. The van der Waals surface area contributed by atoms with Crippen molar-refractivity contribution >= 4 is 43.1 Å². The Hall–Kier alpha value is -2.56. The van der Waals surface area contributed by atoms with Gasteiger partial charge in [0, 0.05) is 51.4 Å². The van der Waals surface area contributed by atoms with Crippen molar-refractivity contribution in [3.05, 3.63) is 47.8 Å². The van der Waals surface area contributed by atoms with Crippen molar-refractivity contribution in [3.8, 4) is 5.19 Å². The minimum Gasteiger partial charge on any atom is -0.467 e. The molecule has 4 heterocycles. The van der Waals surface area contributed by atoms with E-state index in [1.807, 2.05) is 18.5 Å². The number of thiazole rings is 1. The second-order valence-corrected chi connectivity index (χ2v) is 14.0. The van der Waals surface area contributed by atoms with Crippen LogP contribution in [0.1, 0.15) is 64.0 Å². The van der Waals surface area contributed by atoms with Crippen LogP contribution in [-0.4, -0.2) is 65.7 Å². The second-order valence-electron chi connectivity index (χ2n) is 10.9. The highest BCUT2D eigenvalue weighted by molar-refractivity contribution is 7.89. The van der Waals surface area contributed by atoms with Gasteiger partial charge >= 0.3 is 0 Å². The molecule has 0 radical (unpaired) electrons. The van der Waals surface area contributed by atoms with E-state index in [9.17, 15) is 8.42 Å². The molecule has 2 aromatic heterocycles. The van der Waals surface area contributed by atoms with Gasteiger partial charge in [0.2, 0.25) is 16.0 Å². The zero-order valence-corrected chi connectivity index (χ0v) is 24.8. The van der Waals surface area contributed by atoms with Crippen LogP contribution in [0.15, 0.2) is 36.7 Å². The van der Waals surface area contributed by atoms with Gasteiger partial charge in [-0.3, -0.25) is 0 Å². The summed E-state index contributed by atoms with van der Waals surface area (Å²) in [6, 6.07) is 6.30. The van der Waals surface area contributed by atoms with Crippen molar-refractivity contribution in [2.45, 2.75) is 65.4 Å². The third kappa shape index (κ3) is 6.96. The molecular formula is C29H39N5O3S2. The molecular weight excluding hydrogens is 530 g/mol. The molecule has 210 valence electrons. The van der Waals surface area contributed by atoms with Gasteiger partial charge in [-0.1, -0.05) is 50.7 Å². The van der Waals surface area contributed by atoms with E-state index in [1.54, 1.807) is 15.6 Å². The first-order valence-corrected chi connectivity index (χ1v) is 16.5. The number of aromatic nitrogens is 3. The summed E-state index contributed by atoms with van der Waals surface area (Å²) >= 11 is 1.58. The van der Waals surface area contributed by atoms with Gasteiger partial charge in [-0.25, -0.2) is 23.4 Å². The third-order valence-electron chi connectivity index (χ3n) is 7.48. The van der Waals surface area contributed by atoms with Crippen LogP contribution in [0.5, 0.6) is 5.19 Å². The number of nitrogens with zero attached hydrogens (tertiary/aromatic N) is 5. The van der Waals surface area contributed by atoms with E-state index < -0.39 is 10.0 Å². The van der Waals surface area contributed by atoms with E-state index in [1.165, 1.54) is 11.1 Å². The van der Waals surface area contributed by atoms with E-state index in [-0.39, 0.29) is 11.9 Å². The van der Waals surface area contributed by atoms with Crippen LogP contribution < -0.4 is 9.64 Å². The molecule has 2 aliphatic rings. The molecule has 0 saturated carbocycles. The number of aryl methyl sites for hydroxylation is 1. The van der Waals surface area contributed by atoms with E-state index in [4.69, 9.17) is 9.72 Å². The van der Waals surface area contributed by atoms with E-state index >= 15 is 0 Å². The smallest absolute Gasteiger partial charge is 0.274 e. The van der Waals surface area contributed by atoms with Crippen LogP contribution in [0.3, 0.4) is 0 Å². The minimum atomic E-state index is -3.20. The zero-order chi connectivity index (χ0) is 27.4. The van der Waals surface area contributed by atoms with Crippen LogP contribution in [0.2, 0.25) is 0 Å². The van der Waals surface area contributed by atoms with Crippen molar-refractivity contribution < 1.29 is 13.2 Å². The highest BCUT2D eigenvalue weighted by Gasteiger charge is 2.26. The fourth-order valence-corrected chi connectivity index (χ4v) is 7.70. The summed E-state index contributed by atoms with van der Waals surface area (Å²) in [4.78, 5) is 16.1. The maximum atomic E-state index is 12.7. The number of sulfonamides is 1. The normalized spacial score (nSPS) is 17.6. The average Bonchev–Trinajstić information content (AvgIpc) is 3.35. The molecule has 1 fully saturated rings. The Kier molecular flexibility index (Phi) is 8.83. The Morgan fingerprint density at radius 2 is 1.90 bits per heavy atom. The van der Waals surface area contributed by atoms with E-state index in [2.05, 4.69) is 53.8 Å². The van der Waals surface area contributed by atoms with Gasteiger partial charge in [-0.2, -0.15) is 4.31 Å². The topological polar surface area (TPSA) is 88.5 Å². The molecule has 10 heteroatoms. The Labute approximate surface area is 236 Å². The van der Waals surface area contributed by atoms with Crippen LogP contribution in [-0.2, 0) is 16.4 Å². The molecule has 0 bridgehead atoms. The van der Waals surface area contributed by atoms with E-state index in [0.717, 1.165) is 66.9 Å². The zero-order valence-electron chi connectivity index (χ0n) is 23.2. The number of benzene rings is 1. The summed E-state index contributed by atoms with van der Waals surface area (Å²) in [6.07, 6.45) is 11.4. The number of fused-ring (bicyclic) bond motifs is 1. The molecule has 5 rings (SSSR count). The fourth-order valence-electron chi connectivity index (χ4n) is 5.08. The molecule has 0 spiro atoms. The second kappa shape index (κ2) is 12.3. The van der Waals surface area contributed by atoms with Crippen molar-refractivity contribution in [3.63, 3.8) is 0 Å². The lowest BCUT2D eigenvalue weighted by molar-refractivity contribution is 0.170. The maximum Gasteiger partial charge on any atom is 0.274 e. The predicted molar refractivity (Wildman–Crippen MR) is 159 cm³/mol. The standard InChI is InChI=1S/C29H39N5O3S2/c1-4-5-22-19-30-28(31-20-22)33-13-10-25(11-14-33)37-29-32-26-7-6-24(18-27(26)38-29)23-8-15-34(16-9-23)39(35,36)17-12-21(2)3/h6-8,18-21,25H,4-5,9-17H2,1-3H3. The monoisotopic (exact) mass is 569 g/mol. The summed E-state index contributed by atoms with van der Waals surface area (Å²) in [6.45, 7) is 8.99. The summed E-state index contributed by atoms with van der Waals surface area (Å²) in [5.74, 6) is 1.41. The third-order valence-corrected chi connectivity index (χ3v) is 10.3. The van der Waals surface area contributed by atoms with E-state index in [0.29, 0.717) is 30.6 Å². The number of ether oxygens (including phenoxy) is 1. The lowest BCUT2D eigenvalue weighted by atomic mass is 10.0. The average molecular weight is 570 g/mol. The van der Waals surface area contributed by atoms with Crippen LogP contribution >= 0.6 is 11.3 Å². The first kappa shape index (κ1) is 28.0. The minimum absolute atomic E-state index is 0.130. The highest BCUT2D eigenvalue weighted by Crippen LogP contribution is 2.33. The number of hydrogen-bond donors (Lipinski definition) is 0. The summed E-state index contributed by atoms with van der Waals surface area (Å²) in [5.41, 5.74) is 4.45. The molecule has 2 aliphatic heterocycles. The molecule has 1 saturated heterocycles. The van der Waals surface area contributed by atoms with Crippen LogP contribution in [0.4, 0.5) is 5.95 Å². The van der Waals surface area contributed by atoms with Crippen molar-refractivity contribution in [2.75, 3.05) is 36.8 Å². The molecule has 0 aliphatic carbocycles. The molecule has 0 atom stereocenters. The SMILES string of the molecule is CCCc1cnc(N2CCC(Oc3nc4ccc(C5=CCN(S(=O)(=O)CCC(C)C)CC5)cc4s3)CC2)nc1. The lowest BCUT2D eigenvalue weighted by Gasteiger charge is -2.31. The molecule has 39 heavy (non-hydrogen) atoms. The van der Waals surface area contributed by atoms with Gasteiger partial charge < -0.3 is 9.64 Å². The largest absolute Gasteiger partial charge is 0.467 e. The first-order chi connectivity index (χ1) is 18.8. The quantitative estimate of drug-likeness (QED) is 0.316. The van der Waals surface area contributed by atoms with Gasteiger partial charge in [0.1, 0.15) is 6.10 Å². The number of anilines is 1. The molecule has 8 nitrogen and oxygen atoms in total. The Bertz CT molecular complexity index is 1390. The summed E-state index contributed by atoms with van der Waals surface area (Å²) in [7, 11) is -3.20. The number of hydrogen-bond acceptors (Lipinski definition) is 8. The molecule has 3 aromatic rings. The Balaban J connectivity index is 1.17. The van der Waals surface area contributed by atoms with Crippen LogP contribution in [0.25, 0.3) is 15.8 Å². The number of piperidine rings is 1. The molecule has 1 aromatic carbocycles. The lowest BCUT2D eigenvalue weighted by Crippen LogP contribution is -2.39. The van der Waals surface area contributed by atoms with Gasteiger partial charge in [-0.05, 0) is 54.0 Å². The molecule has 0 amide bonds. The van der Waals surface area contributed by atoms with Crippen molar-refractivity contribution in [1.29, 1.82) is 0 Å². The maximum absolute atomic E-state index is 12.7. The van der Waals surface area contributed by atoms with Crippen molar-refractivity contribution in [2.24, 2.45) is 5.92 Å². The molecule has 0 N–H and O–H groups in total. The number of rotatable bonds is 10. The first-order valence-electron chi connectivity index (χ1n) is 14.1. The van der Waals surface area contributed by atoms with Gasteiger partial charge in [0.15, 0.2) is 0 Å². The summed E-state index contributed by atoms with van der Waals surface area (Å²) in [5, 5.41) is 0.709. The Morgan fingerprint density at radius 3 is 2.56 bits per heavy atom.